The topological polar surface area (TPSA) is 18.5 Å². The van der Waals surface area contributed by atoms with E-state index in [4.69, 9.17) is 21.1 Å². The van der Waals surface area contributed by atoms with Crippen molar-refractivity contribution in [3.8, 4) is 0 Å². The Hall–Kier alpha value is -1.61. The number of halogens is 1. The zero-order valence-electron chi connectivity index (χ0n) is 11.0. The van der Waals surface area contributed by atoms with Gasteiger partial charge in [0.2, 0.25) is 5.79 Å². The molecule has 2 aromatic carbocycles. The summed E-state index contributed by atoms with van der Waals surface area (Å²) in [7, 11) is 0. The summed E-state index contributed by atoms with van der Waals surface area (Å²) in [5, 5.41) is 0.730. The lowest BCUT2D eigenvalue weighted by atomic mass is 10.0. The maximum atomic E-state index is 5.89. The number of ether oxygens (including phenoxy) is 2. The Labute approximate surface area is 123 Å². The third kappa shape index (κ3) is 2.78. The van der Waals surface area contributed by atoms with E-state index in [2.05, 4.69) is 0 Å². The Morgan fingerprint density at radius 3 is 2.20 bits per heavy atom. The first-order valence-corrected chi connectivity index (χ1v) is 6.95. The predicted octanol–water partition coefficient (Wildman–Crippen LogP) is 4.25. The van der Waals surface area contributed by atoms with Crippen molar-refractivity contribution in [2.75, 3.05) is 13.2 Å². The van der Waals surface area contributed by atoms with Crippen molar-refractivity contribution < 1.29 is 9.47 Å². The SMILES string of the molecule is Clc1ccc(/C=C/C2(c3ccccc3)OCCO2)cc1. The number of hydrogen-bond donors (Lipinski definition) is 0. The molecule has 0 aliphatic carbocycles. The molecule has 3 heteroatoms. The Morgan fingerprint density at radius 2 is 1.55 bits per heavy atom. The van der Waals surface area contributed by atoms with Crippen LogP contribution in [0, 0.1) is 0 Å². The van der Waals surface area contributed by atoms with Crippen molar-refractivity contribution in [2.24, 2.45) is 0 Å². The lowest BCUT2D eigenvalue weighted by Crippen LogP contribution is -2.24. The molecule has 0 unspecified atom stereocenters. The third-order valence-electron chi connectivity index (χ3n) is 3.26. The van der Waals surface area contributed by atoms with Gasteiger partial charge < -0.3 is 9.47 Å². The van der Waals surface area contributed by atoms with Crippen molar-refractivity contribution in [1.29, 1.82) is 0 Å². The highest BCUT2D eigenvalue weighted by Gasteiger charge is 2.35. The van der Waals surface area contributed by atoms with Gasteiger partial charge in [-0.1, -0.05) is 60.1 Å². The van der Waals surface area contributed by atoms with Gasteiger partial charge in [0.05, 0.1) is 13.2 Å². The average molecular weight is 287 g/mol. The molecule has 0 spiro atoms. The Morgan fingerprint density at radius 1 is 0.900 bits per heavy atom. The number of benzene rings is 2. The van der Waals surface area contributed by atoms with E-state index in [1.807, 2.05) is 66.7 Å². The van der Waals surface area contributed by atoms with Crippen molar-refractivity contribution in [3.05, 3.63) is 76.8 Å². The zero-order chi connectivity index (χ0) is 13.8. The third-order valence-corrected chi connectivity index (χ3v) is 3.51. The fourth-order valence-corrected chi connectivity index (χ4v) is 2.36. The van der Waals surface area contributed by atoms with E-state index in [9.17, 15) is 0 Å². The van der Waals surface area contributed by atoms with Crippen molar-refractivity contribution in [2.45, 2.75) is 5.79 Å². The molecule has 0 N–H and O–H groups in total. The molecule has 0 saturated carbocycles. The maximum absolute atomic E-state index is 5.89. The van der Waals surface area contributed by atoms with E-state index >= 15 is 0 Å². The van der Waals surface area contributed by atoms with Crippen LogP contribution in [0.3, 0.4) is 0 Å². The van der Waals surface area contributed by atoms with Gasteiger partial charge in [0.1, 0.15) is 0 Å². The molecule has 102 valence electrons. The molecule has 1 fully saturated rings. The normalized spacial score (nSPS) is 17.6. The lowest BCUT2D eigenvalue weighted by molar-refractivity contribution is -0.122. The number of hydrogen-bond acceptors (Lipinski definition) is 2. The van der Waals surface area contributed by atoms with Gasteiger partial charge in [-0.25, -0.2) is 0 Å². The van der Waals surface area contributed by atoms with Gasteiger partial charge in [-0.3, -0.25) is 0 Å². The molecule has 1 aliphatic heterocycles. The Balaban J connectivity index is 1.90. The summed E-state index contributed by atoms with van der Waals surface area (Å²) >= 11 is 5.89. The summed E-state index contributed by atoms with van der Waals surface area (Å²) in [5.74, 6) is -0.777. The molecule has 3 rings (SSSR count). The number of rotatable bonds is 3. The second-order valence-corrected chi connectivity index (χ2v) is 5.05. The standard InChI is InChI=1S/C17H15ClO2/c18-16-8-6-14(7-9-16)10-11-17(19-12-13-20-17)15-4-2-1-3-5-15/h1-11H,12-13H2/b11-10+. The van der Waals surface area contributed by atoms with E-state index < -0.39 is 5.79 Å². The van der Waals surface area contributed by atoms with Crippen molar-refractivity contribution in [1.82, 2.24) is 0 Å². The van der Waals surface area contributed by atoms with Gasteiger partial charge in [0, 0.05) is 10.6 Å². The molecule has 0 radical (unpaired) electrons. The van der Waals surface area contributed by atoms with Crippen LogP contribution in [0.1, 0.15) is 11.1 Å². The predicted molar refractivity (Wildman–Crippen MR) is 80.5 cm³/mol. The van der Waals surface area contributed by atoms with Crippen molar-refractivity contribution >= 4 is 17.7 Å². The van der Waals surface area contributed by atoms with Crippen LogP contribution in [0.5, 0.6) is 0 Å². The molecule has 2 aromatic rings. The van der Waals surface area contributed by atoms with Crippen LogP contribution in [0.15, 0.2) is 60.7 Å². The summed E-state index contributed by atoms with van der Waals surface area (Å²) in [6.07, 6.45) is 3.95. The molecule has 1 saturated heterocycles. The molecule has 0 bridgehead atoms. The van der Waals surface area contributed by atoms with E-state index in [-0.39, 0.29) is 0 Å². The smallest absolute Gasteiger partial charge is 0.215 e. The summed E-state index contributed by atoms with van der Waals surface area (Å²) < 4.78 is 11.7. The van der Waals surface area contributed by atoms with Gasteiger partial charge in [0.25, 0.3) is 0 Å². The fourth-order valence-electron chi connectivity index (χ4n) is 2.24. The van der Waals surface area contributed by atoms with Gasteiger partial charge in [0.15, 0.2) is 0 Å². The van der Waals surface area contributed by atoms with Crippen LogP contribution in [-0.4, -0.2) is 13.2 Å². The Kier molecular flexibility index (Phi) is 3.88. The highest BCUT2D eigenvalue weighted by atomic mass is 35.5. The first-order valence-electron chi connectivity index (χ1n) is 6.57. The summed E-state index contributed by atoms with van der Waals surface area (Å²) in [4.78, 5) is 0. The van der Waals surface area contributed by atoms with E-state index in [1.54, 1.807) is 0 Å². The molecule has 0 amide bonds. The molecular weight excluding hydrogens is 272 g/mol. The van der Waals surface area contributed by atoms with Crippen LogP contribution >= 0.6 is 11.6 Å². The monoisotopic (exact) mass is 286 g/mol. The molecular formula is C17H15ClO2. The van der Waals surface area contributed by atoms with Gasteiger partial charge in [-0.05, 0) is 23.8 Å². The van der Waals surface area contributed by atoms with Gasteiger partial charge >= 0.3 is 0 Å². The first kappa shape index (κ1) is 13.4. The minimum absolute atomic E-state index is 0.597. The minimum Gasteiger partial charge on any atom is -0.340 e. The summed E-state index contributed by atoms with van der Waals surface area (Å²) in [5.41, 5.74) is 2.06. The molecule has 2 nitrogen and oxygen atoms in total. The van der Waals surface area contributed by atoms with E-state index in [0.29, 0.717) is 13.2 Å². The molecule has 0 aromatic heterocycles. The highest BCUT2D eigenvalue weighted by Crippen LogP contribution is 2.33. The van der Waals surface area contributed by atoms with Gasteiger partial charge in [-0.2, -0.15) is 0 Å². The molecule has 1 aliphatic rings. The summed E-state index contributed by atoms with van der Waals surface area (Å²) in [6, 6.07) is 17.6. The second-order valence-electron chi connectivity index (χ2n) is 4.62. The quantitative estimate of drug-likeness (QED) is 0.840. The van der Waals surface area contributed by atoms with Crippen LogP contribution in [0.2, 0.25) is 5.02 Å². The maximum Gasteiger partial charge on any atom is 0.215 e. The van der Waals surface area contributed by atoms with Crippen LogP contribution in [0.25, 0.3) is 6.08 Å². The average Bonchev–Trinajstić information content (AvgIpc) is 2.98. The minimum atomic E-state index is -0.777. The molecule has 0 atom stereocenters. The van der Waals surface area contributed by atoms with E-state index in [1.165, 1.54) is 0 Å². The molecule has 1 heterocycles. The van der Waals surface area contributed by atoms with Crippen molar-refractivity contribution in [3.63, 3.8) is 0 Å². The van der Waals surface area contributed by atoms with Crippen LogP contribution < -0.4 is 0 Å². The largest absolute Gasteiger partial charge is 0.340 e. The second kappa shape index (κ2) is 5.80. The van der Waals surface area contributed by atoms with Crippen LogP contribution in [0.4, 0.5) is 0 Å². The fraction of sp³-hybridized carbons (Fsp3) is 0.176. The van der Waals surface area contributed by atoms with Crippen LogP contribution in [-0.2, 0) is 15.3 Å². The highest BCUT2D eigenvalue weighted by molar-refractivity contribution is 6.30. The van der Waals surface area contributed by atoms with Gasteiger partial charge in [-0.15, -0.1) is 0 Å². The first-order chi connectivity index (χ1) is 9.78. The summed E-state index contributed by atoms with van der Waals surface area (Å²) in [6.45, 7) is 1.19. The Bertz CT molecular complexity index is 584. The van der Waals surface area contributed by atoms with E-state index in [0.717, 1.165) is 16.1 Å². The zero-order valence-corrected chi connectivity index (χ0v) is 11.7. The molecule has 20 heavy (non-hydrogen) atoms. The lowest BCUT2D eigenvalue weighted by Gasteiger charge is -2.24.